The second-order valence-corrected chi connectivity index (χ2v) is 6.49. The number of hydrogen-bond donors (Lipinski definition) is 1. The number of esters is 1. The Kier molecular flexibility index (Phi) is 5.56. The first-order valence-corrected chi connectivity index (χ1v) is 8.75. The van der Waals surface area contributed by atoms with Gasteiger partial charge < -0.3 is 10.1 Å². The largest absolute Gasteiger partial charge is 0.451 e. The third-order valence-corrected chi connectivity index (χ3v) is 4.49. The van der Waals surface area contributed by atoms with Gasteiger partial charge in [0.15, 0.2) is 12.3 Å². The van der Waals surface area contributed by atoms with Crippen molar-refractivity contribution in [2.45, 2.75) is 6.92 Å². The van der Waals surface area contributed by atoms with Crippen molar-refractivity contribution in [3.05, 3.63) is 70.7 Å². The third kappa shape index (κ3) is 4.73. The number of aryl methyl sites for hydroxylation is 1. The molecule has 8 heteroatoms. The maximum Gasteiger partial charge on any atom is 0.358 e. The van der Waals surface area contributed by atoms with Crippen molar-refractivity contribution in [3.8, 4) is 10.6 Å². The van der Waals surface area contributed by atoms with Gasteiger partial charge in [0.2, 0.25) is 0 Å². The van der Waals surface area contributed by atoms with E-state index in [1.54, 1.807) is 25.1 Å². The van der Waals surface area contributed by atoms with Crippen LogP contribution in [0.2, 0.25) is 0 Å². The fraction of sp³-hybridized carbons (Fsp3) is 0.105. The van der Waals surface area contributed by atoms with E-state index in [4.69, 9.17) is 4.74 Å². The Morgan fingerprint density at radius 1 is 1.15 bits per heavy atom. The average molecular weight is 388 g/mol. The quantitative estimate of drug-likeness (QED) is 0.666. The summed E-state index contributed by atoms with van der Waals surface area (Å²) in [5.41, 5.74) is 1.44. The lowest BCUT2D eigenvalue weighted by Gasteiger charge is -2.06. The van der Waals surface area contributed by atoms with Crippen LogP contribution in [-0.2, 0) is 9.53 Å². The molecule has 1 aromatic heterocycles. The smallest absolute Gasteiger partial charge is 0.358 e. The SMILES string of the molecule is Cc1ccc(NC(=O)COC(=O)c2csc(-c3ccc(F)cc3)n2)cc1F. The fourth-order valence-electron chi connectivity index (χ4n) is 2.17. The Morgan fingerprint density at radius 2 is 1.89 bits per heavy atom. The van der Waals surface area contributed by atoms with E-state index in [9.17, 15) is 18.4 Å². The Morgan fingerprint density at radius 3 is 2.59 bits per heavy atom. The number of amides is 1. The summed E-state index contributed by atoms with van der Waals surface area (Å²) in [6.45, 7) is 1.08. The topological polar surface area (TPSA) is 68.3 Å². The number of thiazole rings is 1. The van der Waals surface area contributed by atoms with Gasteiger partial charge in [-0.05, 0) is 48.9 Å². The number of benzene rings is 2. The predicted octanol–water partition coefficient (Wildman–Crippen LogP) is 4.19. The van der Waals surface area contributed by atoms with Gasteiger partial charge in [0.05, 0.1) is 0 Å². The second kappa shape index (κ2) is 8.05. The molecule has 0 bridgehead atoms. The van der Waals surface area contributed by atoms with Gasteiger partial charge in [0.1, 0.15) is 16.6 Å². The first kappa shape index (κ1) is 18.7. The summed E-state index contributed by atoms with van der Waals surface area (Å²) < 4.78 is 31.3. The van der Waals surface area contributed by atoms with Crippen LogP contribution in [-0.4, -0.2) is 23.5 Å². The molecule has 0 atom stereocenters. The number of carbonyl (C=O) groups is 2. The summed E-state index contributed by atoms with van der Waals surface area (Å²) >= 11 is 1.20. The molecule has 0 saturated heterocycles. The number of halogens is 2. The number of nitrogens with zero attached hydrogens (tertiary/aromatic N) is 1. The highest BCUT2D eigenvalue weighted by molar-refractivity contribution is 7.13. The van der Waals surface area contributed by atoms with Gasteiger partial charge >= 0.3 is 5.97 Å². The van der Waals surface area contributed by atoms with E-state index in [1.165, 1.54) is 41.0 Å². The summed E-state index contributed by atoms with van der Waals surface area (Å²) in [7, 11) is 0. The summed E-state index contributed by atoms with van der Waals surface area (Å²) in [6, 6.07) is 9.97. The van der Waals surface area contributed by atoms with Crippen LogP contribution in [0.4, 0.5) is 14.5 Å². The lowest BCUT2D eigenvalue weighted by atomic mass is 10.2. The number of rotatable bonds is 5. The highest BCUT2D eigenvalue weighted by Crippen LogP contribution is 2.24. The molecule has 0 radical (unpaired) electrons. The molecule has 0 aliphatic rings. The van der Waals surface area contributed by atoms with Crippen LogP contribution in [0.25, 0.3) is 10.6 Å². The lowest BCUT2D eigenvalue weighted by molar-refractivity contribution is -0.119. The van der Waals surface area contributed by atoms with Crippen LogP contribution in [0.3, 0.4) is 0 Å². The minimum Gasteiger partial charge on any atom is -0.451 e. The lowest BCUT2D eigenvalue weighted by Crippen LogP contribution is -2.21. The van der Waals surface area contributed by atoms with Crippen molar-refractivity contribution >= 4 is 28.9 Å². The van der Waals surface area contributed by atoms with E-state index < -0.39 is 24.3 Å². The second-order valence-electron chi connectivity index (χ2n) is 5.63. The molecule has 0 fully saturated rings. The Labute approximate surface area is 157 Å². The first-order chi connectivity index (χ1) is 12.9. The Bertz CT molecular complexity index is 987. The van der Waals surface area contributed by atoms with Crippen molar-refractivity contribution in [2.24, 2.45) is 0 Å². The molecule has 3 rings (SSSR count). The van der Waals surface area contributed by atoms with Gasteiger partial charge in [-0.1, -0.05) is 6.07 Å². The number of nitrogens with one attached hydrogen (secondary N) is 1. The zero-order valence-electron chi connectivity index (χ0n) is 14.2. The highest BCUT2D eigenvalue weighted by Gasteiger charge is 2.15. The van der Waals surface area contributed by atoms with Crippen LogP contribution in [0.15, 0.2) is 47.8 Å². The minimum atomic E-state index is -0.759. The molecule has 138 valence electrons. The molecule has 3 aromatic rings. The number of carbonyl (C=O) groups excluding carboxylic acids is 2. The van der Waals surface area contributed by atoms with Gasteiger partial charge in [0, 0.05) is 16.6 Å². The summed E-state index contributed by atoms with van der Waals surface area (Å²) in [4.78, 5) is 28.0. The fourth-order valence-corrected chi connectivity index (χ4v) is 2.96. The molecular formula is C19H14F2N2O3S. The number of ether oxygens (including phenoxy) is 1. The molecule has 0 aliphatic carbocycles. The summed E-state index contributed by atoms with van der Waals surface area (Å²) in [5.74, 6) is -2.17. The number of hydrogen-bond acceptors (Lipinski definition) is 5. The van der Waals surface area contributed by atoms with Gasteiger partial charge in [-0.25, -0.2) is 18.6 Å². The van der Waals surface area contributed by atoms with Crippen molar-refractivity contribution in [1.82, 2.24) is 4.98 Å². The maximum absolute atomic E-state index is 13.5. The molecule has 0 unspecified atom stereocenters. The number of anilines is 1. The maximum atomic E-state index is 13.5. The Balaban J connectivity index is 1.56. The van der Waals surface area contributed by atoms with E-state index in [1.807, 2.05) is 0 Å². The number of aromatic nitrogens is 1. The molecule has 1 amide bonds. The van der Waals surface area contributed by atoms with Crippen molar-refractivity contribution in [3.63, 3.8) is 0 Å². The van der Waals surface area contributed by atoms with Crippen LogP contribution >= 0.6 is 11.3 Å². The predicted molar refractivity (Wildman–Crippen MR) is 97.6 cm³/mol. The first-order valence-electron chi connectivity index (χ1n) is 7.87. The van der Waals surface area contributed by atoms with Crippen LogP contribution in [0.5, 0.6) is 0 Å². The zero-order chi connectivity index (χ0) is 19.4. The van der Waals surface area contributed by atoms with Crippen molar-refractivity contribution in [1.29, 1.82) is 0 Å². The minimum absolute atomic E-state index is 0.0495. The summed E-state index contributed by atoms with van der Waals surface area (Å²) in [6.07, 6.45) is 0. The van der Waals surface area contributed by atoms with Crippen LogP contribution < -0.4 is 5.32 Å². The summed E-state index contributed by atoms with van der Waals surface area (Å²) in [5, 5.41) is 4.47. The molecule has 0 saturated carbocycles. The molecule has 0 spiro atoms. The van der Waals surface area contributed by atoms with E-state index in [0.29, 0.717) is 16.1 Å². The monoisotopic (exact) mass is 388 g/mol. The molecular weight excluding hydrogens is 374 g/mol. The standard InChI is InChI=1S/C19H14F2N2O3S/c1-11-2-7-14(8-15(11)21)22-17(24)9-26-19(25)16-10-27-18(23-16)12-3-5-13(20)6-4-12/h2-8,10H,9H2,1H3,(H,22,24). The highest BCUT2D eigenvalue weighted by atomic mass is 32.1. The van der Waals surface area contributed by atoms with Gasteiger partial charge in [-0.2, -0.15) is 0 Å². The molecule has 0 aliphatic heterocycles. The average Bonchev–Trinajstić information content (AvgIpc) is 3.13. The van der Waals surface area contributed by atoms with Gasteiger partial charge in [-0.3, -0.25) is 4.79 Å². The van der Waals surface area contributed by atoms with Crippen LogP contribution in [0, 0.1) is 18.6 Å². The molecule has 2 aromatic carbocycles. The van der Waals surface area contributed by atoms with E-state index in [-0.39, 0.29) is 17.2 Å². The van der Waals surface area contributed by atoms with Gasteiger partial charge in [-0.15, -0.1) is 11.3 Å². The molecule has 1 N–H and O–H groups in total. The van der Waals surface area contributed by atoms with Crippen molar-refractivity contribution < 1.29 is 23.1 Å². The van der Waals surface area contributed by atoms with Gasteiger partial charge in [0.25, 0.3) is 5.91 Å². The van der Waals surface area contributed by atoms with Crippen LogP contribution in [0.1, 0.15) is 16.1 Å². The Hall–Kier alpha value is -3.13. The zero-order valence-corrected chi connectivity index (χ0v) is 15.0. The molecule has 5 nitrogen and oxygen atoms in total. The van der Waals surface area contributed by atoms with E-state index in [0.717, 1.165) is 0 Å². The molecule has 27 heavy (non-hydrogen) atoms. The van der Waals surface area contributed by atoms with E-state index >= 15 is 0 Å². The normalized spacial score (nSPS) is 10.5. The third-order valence-electron chi connectivity index (χ3n) is 3.59. The van der Waals surface area contributed by atoms with Crippen molar-refractivity contribution in [2.75, 3.05) is 11.9 Å². The van der Waals surface area contributed by atoms with E-state index in [2.05, 4.69) is 10.3 Å². The molecule has 1 heterocycles.